The third-order valence-corrected chi connectivity index (χ3v) is 5.27. The second-order valence-corrected chi connectivity index (χ2v) is 7.81. The van der Waals surface area contributed by atoms with Crippen molar-refractivity contribution >= 4 is 34.8 Å². The zero-order valence-corrected chi connectivity index (χ0v) is 18.5. The van der Waals surface area contributed by atoms with Crippen molar-refractivity contribution in [1.29, 1.82) is 0 Å². The maximum absolute atomic E-state index is 5.92. The molecule has 0 fully saturated rings. The van der Waals surface area contributed by atoms with Crippen LogP contribution in [-0.4, -0.2) is 11.9 Å². The van der Waals surface area contributed by atoms with Gasteiger partial charge in [-0.25, -0.2) is 0 Å². The van der Waals surface area contributed by atoms with Crippen molar-refractivity contribution in [3.8, 4) is 5.75 Å². The van der Waals surface area contributed by atoms with Gasteiger partial charge >= 0.3 is 0 Å². The van der Waals surface area contributed by atoms with Crippen molar-refractivity contribution in [2.24, 2.45) is 0 Å². The molecule has 0 aromatic heterocycles. The Morgan fingerprint density at radius 3 is 2.17 bits per heavy atom. The number of ether oxygens (including phenoxy) is 1. The van der Waals surface area contributed by atoms with E-state index in [9.17, 15) is 0 Å². The topological polar surface area (TPSA) is 12.5 Å². The lowest BCUT2D eigenvalue weighted by atomic mass is 10.0. The number of nitrogens with zero attached hydrogens (tertiary/aromatic N) is 1. The van der Waals surface area contributed by atoms with Gasteiger partial charge in [0.15, 0.2) is 0 Å². The molecule has 30 heavy (non-hydrogen) atoms. The van der Waals surface area contributed by atoms with Crippen LogP contribution in [0.3, 0.4) is 0 Å². The Labute approximate surface area is 189 Å². The van der Waals surface area contributed by atoms with Gasteiger partial charge in [-0.1, -0.05) is 78.3 Å². The summed E-state index contributed by atoms with van der Waals surface area (Å²) in [7, 11) is 2.16. The van der Waals surface area contributed by atoms with E-state index in [0.29, 0.717) is 6.61 Å². The molecule has 0 heterocycles. The first-order chi connectivity index (χ1) is 14.2. The van der Waals surface area contributed by atoms with Crippen molar-refractivity contribution in [1.82, 2.24) is 4.90 Å². The van der Waals surface area contributed by atoms with Crippen LogP contribution < -0.4 is 4.74 Å². The SMILES string of the molecule is CN(Cc1ccc(OCc2ccc(Cl)cc2)cc1)Cc1cccc2ccccc12.Cl. The first-order valence-electron chi connectivity index (χ1n) is 9.79. The second-order valence-electron chi connectivity index (χ2n) is 7.37. The molecular weight excluding hydrogens is 413 g/mol. The zero-order valence-electron chi connectivity index (χ0n) is 16.9. The Kier molecular flexibility index (Phi) is 7.75. The van der Waals surface area contributed by atoms with Crippen LogP contribution in [0.25, 0.3) is 10.8 Å². The second kappa shape index (κ2) is 10.5. The van der Waals surface area contributed by atoms with Crippen LogP contribution in [0.4, 0.5) is 0 Å². The van der Waals surface area contributed by atoms with Crippen LogP contribution in [-0.2, 0) is 19.7 Å². The maximum atomic E-state index is 5.92. The molecule has 0 spiro atoms. The third-order valence-electron chi connectivity index (χ3n) is 5.01. The Bertz CT molecular complexity index is 1070. The molecule has 0 saturated heterocycles. The minimum absolute atomic E-state index is 0. The normalized spacial score (nSPS) is 10.8. The summed E-state index contributed by atoms with van der Waals surface area (Å²) in [6.45, 7) is 2.34. The summed E-state index contributed by atoms with van der Waals surface area (Å²) in [6.07, 6.45) is 0. The molecule has 0 radical (unpaired) electrons. The Morgan fingerprint density at radius 2 is 1.40 bits per heavy atom. The molecule has 0 aliphatic rings. The highest BCUT2D eigenvalue weighted by Crippen LogP contribution is 2.21. The van der Waals surface area contributed by atoms with E-state index in [1.807, 2.05) is 36.4 Å². The smallest absolute Gasteiger partial charge is 0.119 e. The molecule has 0 saturated carbocycles. The molecular formula is C26H25Cl2NO. The molecule has 0 atom stereocenters. The van der Waals surface area contributed by atoms with Crippen LogP contribution >= 0.6 is 24.0 Å². The highest BCUT2D eigenvalue weighted by Gasteiger charge is 2.06. The summed E-state index contributed by atoms with van der Waals surface area (Å²) < 4.78 is 5.88. The van der Waals surface area contributed by atoms with Crippen molar-refractivity contribution in [2.45, 2.75) is 19.7 Å². The van der Waals surface area contributed by atoms with Gasteiger partial charge in [-0.05, 0) is 58.8 Å². The monoisotopic (exact) mass is 437 g/mol. The summed E-state index contributed by atoms with van der Waals surface area (Å²) in [5.74, 6) is 0.875. The fraction of sp³-hybridized carbons (Fsp3) is 0.154. The van der Waals surface area contributed by atoms with Crippen molar-refractivity contribution in [3.05, 3.63) is 113 Å². The Hall–Kier alpha value is -2.52. The van der Waals surface area contributed by atoms with E-state index in [-0.39, 0.29) is 12.4 Å². The van der Waals surface area contributed by atoms with Crippen molar-refractivity contribution in [2.75, 3.05) is 7.05 Å². The lowest BCUT2D eigenvalue weighted by Gasteiger charge is -2.18. The molecule has 0 bridgehead atoms. The molecule has 0 amide bonds. The third kappa shape index (κ3) is 5.76. The highest BCUT2D eigenvalue weighted by atomic mass is 35.5. The lowest BCUT2D eigenvalue weighted by molar-refractivity contribution is 0.304. The Morgan fingerprint density at radius 1 is 0.733 bits per heavy atom. The van der Waals surface area contributed by atoms with Gasteiger partial charge in [0.25, 0.3) is 0 Å². The van der Waals surface area contributed by atoms with Crippen molar-refractivity contribution in [3.63, 3.8) is 0 Å². The quantitative estimate of drug-likeness (QED) is 0.304. The van der Waals surface area contributed by atoms with Gasteiger partial charge in [-0.2, -0.15) is 0 Å². The number of halogens is 2. The van der Waals surface area contributed by atoms with Gasteiger partial charge in [-0.15, -0.1) is 12.4 Å². The standard InChI is InChI=1S/C26H24ClNO.ClH/c1-28(18-23-7-4-6-22-5-2-3-8-26(22)23)17-20-11-15-25(16-12-20)29-19-21-9-13-24(27)14-10-21;/h2-16H,17-19H2,1H3;1H. The first kappa shape index (κ1) is 22.2. The molecule has 0 aliphatic carbocycles. The predicted molar refractivity (Wildman–Crippen MR) is 129 cm³/mol. The average Bonchev–Trinajstić information content (AvgIpc) is 2.75. The number of rotatable bonds is 7. The molecule has 0 aliphatic heterocycles. The predicted octanol–water partition coefficient (Wildman–Crippen LogP) is 7.13. The molecule has 4 rings (SSSR count). The van der Waals surface area contributed by atoms with E-state index in [2.05, 4.69) is 66.5 Å². The Balaban J connectivity index is 0.00000256. The maximum Gasteiger partial charge on any atom is 0.119 e. The van der Waals surface area contributed by atoms with Gasteiger partial charge in [-0.3, -0.25) is 4.90 Å². The fourth-order valence-electron chi connectivity index (χ4n) is 3.53. The van der Waals surface area contributed by atoms with Gasteiger partial charge in [0.05, 0.1) is 0 Å². The van der Waals surface area contributed by atoms with E-state index in [1.54, 1.807) is 0 Å². The summed E-state index contributed by atoms with van der Waals surface area (Å²) in [5.41, 5.74) is 3.73. The molecule has 4 heteroatoms. The van der Waals surface area contributed by atoms with Crippen molar-refractivity contribution < 1.29 is 4.74 Å². The minimum Gasteiger partial charge on any atom is -0.489 e. The van der Waals surface area contributed by atoms with E-state index < -0.39 is 0 Å². The molecule has 4 aromatic carbocycles. The van der Waals surface area contributed by atoms with Crippen LogP contribution in [0.5, 0.6) is 5.75 Å². The lowest BCUT2D eigenvalue weighted by Crippen LogP contribution is -2.17. The van der Waals surface area contributed by atoms with E-state index in [1.165, 1.54) is 21.9 Å². The van der Waals surface area contributed by atoms with E-state index in [4.69, 9.17) is 16.3 Å². The zero-order chi connectivity index (χ0) is 20.1. The highest BCUT2D eigenvalue weighted by molar-refractivity contribution is 6.30. The summed E-state index contributed by atoms with van der Waals surface area (Å²) in [5, 5.41) is 3.36. The van der Waals surface area contributed by atoms with Gasteiger partial charge < -0.3 is 4.74 Å². The summed E-state index contributed by atoms with van der Waals surface area (Å²) >= 11 is 5.92. The van der Waals surface area contributed by atoms with Gasteiger partial charge in [0, 0.05) is 18.1 Å². The largest absolute Gasteiger partial charge is 0.489 e. The van der Waals surface area contributed by atoms with Crippen LogP contribution in [0, 0.1) is 0 Å². The van der Waals surface area contributed by atoms with Crippen LogP contribution in [0.1, 0.15) is 16.7 Å². The molecule has 0 unspecified atom stereocenters. The van der Waals surface area contributed by atoms with Gasteiger partial charge in [0.1, 0.15) is 12.4 Å². The number of hydrogen-bond donors (Lipinski definition) is 0. The number of benzene rings is 4. The molecule has 0 N–H and O–H groups in total. The minimum atomic E-state index is 0. The first-order valence-corrected chi connectivity index (χ1v) is 10.2. The van der Waals surface area contributed by atoms with Gasteiger partial charge in [0.2, 0.25) is 0 Å². The van der Waals surface area contributed by atoms with Crippen LogP contribution in [0.2, 0.25) is 5.02 Å². The van der Waals surface area contributed by atoms with E-state index >= 15 is 0 Å². The number of hydrogen-bond acceptors (Lipinski definition) is 2. The summed E-state index contributed by atoms with van der Waals surface area (Å²) in [6, 6.07) is 31.2. The molecule has 2 nitrogen and oxygen atoms in total. The molecule has 4 aromatic rings. The average molecular weight is 438 g/mol. The van der Waals surface area contributed by atoms with E-state index in [0.717, 1.165) is 29.4 Å². The fourth-order valence-corrected chi connectivity index (χ4v) is 3.65. The van der Waals surface area contributed by atoms with Crippen LogP contribution in [0.15, 0.2) is 91.0 Å². The molecule has 154 valence electrons. The summed E-state index contributed by atoms with van der Waals surface area (Å²) in [4.78, 5) is 2.34. The number of fused-ring (bicyclic) bond motifs is 1.